The van der Waals surface area contributed by atoms with Gasteiger partial charge in [-0.2, -0.15) is 8.42 Å². The number of benzene rings is 1. The molecule has 1 aromatic heterocycles. The van der Waals surface area contributed by atoms with Crippen LogP contribution in [0.4, 0.5) is 0 Å². The van der Waals surface area contributed by atoms with Crippen LogP contribution in [0.5, 0.6) is 0 Å². The molecule has 0 fully saturated rings. The van der Waals surface area contributed by atoms with Crippen molar-refractivity contribution in [3.8, 4) is 0 Å². The van der Waals surface area contributed by atoms with Gasteiger partial charge in [0.15, 0.2) is 0 Å². The van der Waals surface area contributed by atoms with Crippen molar-refractivity contribution >= 4 is 15.9 Å². The summed E-state index contributed by atoms with van der Waals surface area (Å²) in [5, 5.41) is 0. The zero-order valence-corrected chi connectivity index (χ0v) is 16.0. The van der Waals surface area contributed by atoms with Gasteiger partial charge in [-0.3, -0.25) is 4.79 Å². The summed E-state index contributed by atoms with van der Waals surface area (Å²) >= 11 is 0. The third-order valence-electron chi connectivity index (χ3n) is 3.46. The lowest BCUT2D eigenvalue weighted by molar-refractivity contribution is -0.120. The van der Waals surface area contributed by atoms with Gasteiger partial charge in [0, 0.05) is 6.20 Å². The molecule has 25 heavy (non-hydrogen) atoms. The molecule has 1 heterocycles. The van der Waals surface area contributed by atoms with E-state index in [1.54, 1.807) is 37.4 Å². The maximum Gasteiger partial charge on any atom is 0.284 e. The number of pyridine rings is 1. The monoisotopic (exact) mass is 363 g/mol. The van der Waals surface area contributed by atoms with E-state index in [-0.39, 0.29) is 10.4 Å². The van der Waals surface area contributed by atoms with Crippen molar-refractivity contribution in [3.63, 3.8) is 0 Å². The second kappa shape index (κ2) is 8.62. The first-order valence-corrected chi connectivity index (χ1v) is 9.50. The van der Waals surface area contributed by atoms with Gasteiger partial charge in [0.2, 0.25) is 5.91 Å². The lowest BCUT2D eigenvalue weighted by Gasteiger charge is -2.14. The van der Waals surface area contributed by atoms with Crippen LogP contribution in [-0.2, 0) is 14.8 Å². The summed E-state index contributed by atoms with van der Waals surface area (Å²) in [4.78, 5) is 11.5. The van der Waals surface area contributed by atoms with Crippen LogP contribution in [0.2, 0.25) is 0 Å². The molecule has 0 radical (unpaired) electrons. The Morgan fingerprint density at radius 2 is 1.56 bits per heavy atom. The van der Waals surface area contributed by atoms with Gasteiger partial charge in [0.05, 0.1) is 4.90 Å². The quantitative estimate of drug-likeness (QED) is 0.904. The predicted octanol–water partition coefficient (Wildman–Crippen LogP) is 2.47. The molecule has 0 aliphatic rings. The fraction of sp³-hybridized carbons (Fsp3) is 0.333. The van der Waals surface area contributed by atoms with Crippen molar-refractivity contribution in [2.24, 2.45) is 10.1 Å². The maximum atomic E-state index is 12.4. The van der Waals surface area contributed by atoms with Crippen molar-refractivity contribution in [1.82, 2.24) is 4.57 Å². The SMILES string of the molecule is CC.Cc1ccc(S(=O)(=O)/N=c2\ccc(C)cn2C(C)C(N)=O)cc1. The summed E-state index contributed by atoms with van der Waals surface area (Å²) < 4.78 is 30.2. The van der Waals surface area contributed by atoms with Crippen molar-refractivity contribution in [3.05, 3.63) is 59.2 Å². The number of nitrogens with two attached hydrogens (primary N) is 1. The van der Waals surface area contributed by atoms with Gasteiger partial charge in [0.1, 0.15) is 11.5 Å². The first kappa shape index (κ1) is 20.6. The molecule has 7 heteroatoms. The van der Waals surface area contributed by atoms with E-state index in [1.165, 1.54) is 16.7 Å². The third-order valence-corrected chi connectivity index (χ3v) is 4.76. The Labute approximate surface area is 149 Å². The molecule has 0 spiro atoms. The average molecular weight is 363 g/mol. The fourth-order valence-corrected chi connectivity index (χ4v) is 3.02. The van der Waals surface area contributed by atoms with Gasteiger partial charge >= 0.3 is 0 Å². The van der Waals surface area contributed by atoms with Crippen LogP contribution in [0.3, 0.4) is 0 Å². The van der Waals surface area contributed by atoms with Gasteiger partial charge in [0.25, 0.3) is 10.0 Å². The molecule has 2 aromatic rings. The zero-order chi connectivity index (χ0) is 19.2. The highest BCUT2D eigenvalue weighted by Gasteiger charge is 2.15. The minimum Gasteiger partial charge on any atom is -0.368 e. The van der Waals surface area contributed by atoms with E-state index in [2.05, 4.69) is 4.40 Å². The molecule has 0 bridgehead atoms. The Morgan fingerprint density at radius 3 is 2.08 bits per heavy atom. The molecule has 1 unspecified atom stereocenters. The van der Waals surface area contributed by atoms with E-state index in [9.17, 15) is 13.2 Å². The summed E-state index contributed by atoms with van der Waals surface area (Å²) in [7, 11) is -3.87. The van der Waals surface area contributed by atoms with Crippen LogP contribution in [0.1, 0.15) is 37.9 Å². The molecule has 6 nitrogen and oxygen atoms in total. The fourth-order valence-electron chi connectivity index (χ4n) is 2.03. The molecule has 0 aliphatic carbocycles. The van der Waals surface area contributed by atoms with Crippen LogP contribution in [0, 0.1) is 13.8 Å². The molecular formula is C18H25N3O3S. The Morgan fingerprint density at radius 1 is 1.04 bits per heavy atom. The highest BCUT2D eigenvalue weighted by molar-refractivity contribution is 7.90. The zero-order valence-electron chi connectivity index (χ0n) is 15.2. The normalized spacial score (nSPS) is 12.9. The molecule has 1 amide bonds. The Hall–Kier alpha value is -2.41. The number of amides is 1. The highest BCUT2D eigenvalue weighted by Crippen LogP contribution is 2.13. The predicted molar refractivity (Wildman–Crippen MR) is 98.4 cm³/mol. The highest BCUT2D eigenvalue weighted by atomic mass is 32.2. The smallest absolute Gasteiger partial charge is 0.284 e. The maximum absolute atomic E-state index is 12.4. The molecule has 1 atom stereocenters. The van der Waals surface area contributed by atoms with E-state index < -0.39 is 22.0 Å². The van der Waals surface area contributed by atoms with E-state index in [4.69, 9.17) is 5.73 Å². The minimum absolute atomic E-state index is 0.0990. The summed E-state index contributed by atoms with van der Waals surface area (Å²) in [5.41, 5.74) is 7.30. The molecule has 0 saturated heterocycles. The number of rotatable bonds is 4. The van der Waals surface area contributed by atoms with E-state index in [1.807, 2.05) is 27.7 Å². The lowest BCUT2D eigenvalue weighted by atomic mass is 10.2. The Kier molecular flexibility index (Phi) is 7.11. The number of carbonyl (C=O) groups is 1. The van der Waals surface area contributed by atoms with E-state index >= 15 is 0 Å². The Balaban J connectivity index is 0.00000151. The van der Waals surface area contributed by atoms with Crippen LogP contribution >= 0.6 is 0 Å². The standard InChI is InChI=1S/C16H19N3O3S.C2H6/c1-11-4-7-14(8-5-11)23(21,22)18-15-9-6-12(2)10-19(15)13(3)16(17)20;1-2/h4-10,13H,1-3H3,(H2,17,20);1-2H3/b18-15+;. The number of aromatic nitrogens is 1. The van der Waals surface area contributed by atoms with Crippen LogP contribution < -0.4 is 11.2 Å². The minimum atomic E-state index is -3.87. The molecule has 2 N–H and O–H groups in total. The van der Waals surface area contributed by atoms with Gasteiger partial charge in [-0.1, -0.05) is 37.6 Å². The topological polar surface area (TPSA) is 94.5 Å². The molecule has 0 aliphatic heterocycles. The van der Waals surface area contributed by atoms with Crippen molar-refractivity contribution in [2.75, 3.05) is 0 Å². The summed E-state index contributed by atoms with van der Waals surface area (Å²) in [6, 6.07) is 9.00. The molecule has 1 aromatic carbocycles. The number of carbonyl (C=O) groups excluding carboxylic acids is 1. The van der Waals surface area contributed by atoms with E-state index in [0.717, 1.165) is 11.1 Å². The van der Waals surface area contributed by atoms with Crippen molar-refractivity contribution in [2.45, 2.75) is 45.6 Å². The first-order valence-electron chi connectivity index (χ1n) is 8.06. The molecular weight excluding hydrogens is 338 g/mol. The largest absolute Gasteiger partial charge is 0.368 e. The number of nitrogens with zero attached hydrogens (tertiary/aromatic N) is 2. The molecule has 136 valence electrons. The van der Waals surface area contributed by atoms with Crippen molar-refractivity contribution < 1.29 is 13.2 Å². The van der Waals surface area contributed by atoms with Crippen LogP contribution in [0.25, 0.3) is 0 Å². The average Bonchev–Trinajstić information content (AvgIpc) is 2.57. The summed E-state index contributed by atoms with van der Waals surface area (Å²) in [6.45, 7) is 9.30. The van der Waals surface area contributed by atoms with E-state index in [0.29, 0.717) is 0 Å². The van der Waals surface area contributed by atoms with Gasteiger partial charge in [-0.15, -0.1) is 4.40 Å². The summed E-state index contributed by atoms with van der Waals surface area (Å²) in [5.74, 6) is -0.565. The van der Waals surface area contributed by atoms with Gasteiger partial charge < -0.3 is 10.3 Å². The Bertz CT molecular complexity index is 898. The molecule has 0 saturated carbocycles. The number of hydrogen-bond acceptors (Lipinski definition) is 3. The number of hydrogen-bond donors (Lipinski definition) is 1. The third kappa shape index (κ3) is 5.29. The van der Waals surface area contributed by atoms with Crippen molar-refractivity contribution in [1.29, 1.82) is 0 Å². The number of sulfonamides is 1. The van der Waals surface area contributed by atoms with Crippen LogP contribution in [-0.4, -0.2) is 18.9 Å². The number of primary amides is 1. The van der Waals surface area contributed by atoms with Gasteiger partial charge in [-0.25, -0.2) is 0 Å². The molecule has 2 rings (SSSR count). The first-order chi connectivity index (χ1) is 11.7. The van der Waals surface area contributed by atoms with Gasteiger partial charge in [-0.05, 0) is 44.5 Å². The number of aryl methyl sites for hydroxylation is 2. The lowest BCUT2D eigenvalue weighted by Crippen LogP contribution is -2.32. The summed E-state index contributed by atoms with van der Waals surface area (Å²) in [6.07, 6.45) is 1.65. The second-order valence-corrected chi connectivity index (χ2v) is 7.03. The van der Waals surface area contributed by atoms with Crippen LogP contribution in [0.15, 0.2) is 51.9 Å². The second-order valence-electron chi connectivity index (χ2n) is 5.43.